The molecule has 27 heavy (non-hydrogen) atoms. The van der Waals surface area contributed by atoms with Crippen LogP contribution in [-0.4, -0.2) is 12.6 Å². The van der Waals surface area contributed by atoms with Crippen LogP contribution in [0.4, 0.5) is 0 Å². The molecule has 150 valence electrons. The van der Waals surface area contributed by atoms with Crippen LogP contribution >= 0.6 is 0 Å². The van der Waals surface area contributed by atoms with E-state index in [4.69, 9.17) is 9.47 Å². The molecule has 3 heteroatoms. The second-order valence-electron chi connectivity index (χ2n) is 8.53. The Labute approximate surface area is 164 Å². The fourth-order valence-electron chi connectivity index (χ4n) is 5.12. The molecule has 2 saturated carbocycles. The summed E-state index contributed by atoms with van der Waals surface area (Å²) >= 11 is 0. The molecule has 0 N–H and O–H groups in total. The van der Waals surface area contributed by atoms with Crippen LogP contribution in [0.1, 0.15) is 78.1 Å². The Kier molecular flexibility index (Phi) is 7.60. The van der Waals surface area contributed by atoms with Gasteiger partial charge < -0.3 is 9.47 Å². The number of fused-ring (bicyclic) bond motifs is 1. The summed E-state index contributed by atoms with van der Waals surface area (Å²) in [5.74, 6) is 4.00. The van der Waals surface area contributed by atoms with Gasteiger partial charge in [-0.1, -0.05) is 39.0 Å². The van der Waals surface area contributed by atoms with Gasteiger partial charge in [-0.2, -0.15) is 0 Å². The number of carbonyl (C=O) groups is 1. The second kappa shape index (κ2) is 10.1. The summed E-state index contributed by atoms with van der Waals surface area (Å²) in [5.41, 5.74) is 0. The maximum atomic E-state index is 12.6. The number of esters is 1. The van der Waals surface area contributed by atoms with Crippen LogP contribution < -0.4 is 9.47 Å². The third kappa shape index (κ3) is 5.73. The molecule has 0 saturated heterocycles. The average Bonchev–Trinajstić information content (AvgIpc) is 2.69. The van der Waals surface area contributed by atoms with Crippen LogP contribution in [0.2, 0.25) is 0 Å². The van der Waals surface area contributed by atoms with Crippen molar-refractivity contribution in [3.63, 3.8) is 0 Å². The molecule has 4 atom stereocenters. The molecular formula is C24H36O3. The molecule has 1 aromatic carbocycles. The Morgan fingerprint density at radius 2 is 1.63 bits per heavy atom. The van der Waals surface area contributed by atoms with E-state index in [-0.39, 0.29) is 11.9 Å². The van der Waals surface area contributed by atoms with Gasteiger partial charge in [-0.15, -0.1) is 0 Å². The predicted molar refractivity (Wildman–Crippen MR) is 109 cm³/mol. The van der Waals surface area contributed by atoms with Crippen molar-refractivity contribution in [3.05, 3.63) is 24.3 Å². The lowest BCUT2D eigenvalue weighted by molar-refractivity contribution is -0.141. The molecule has 0 spiro atoms. The fourth-order valence-corrected chi connectivity index (χ4v) is 5.12. The number of carbonyl (C=O) groups excluding carboxylic acids is 1. The first kappa shape index (κ1) is 20.2. The van der Waals surface area contributed by atoms with E-state index in [0.29, 0.717) is 12.4 Å². The maximum Gasteiger partial charge on any atom is 0.314 e. The quantitative estimate of drug-likeness (QED) is 0.301. The van der Waals surface area contributed by atoms with E-state index >= 15 is 0 Å². The van der Waals surface area contributed by atoms with Crippen LogP contribution in [0, 0.1) is 23.7 Å². The minimum atomic E-state index is -0.0392. The minimum absolute atomic E-state index is 0.0392. The first-order valence-electron chi connectivity index (χ1n) is 11.1. The topological polar surface area (TPSA) is 35.5 Å². The van der Waals surface area contributed by atoms with Crippen LogP contribution in [0.15, 0.2) is 24.3 Å². The standard InChI is InChI=1S/C24H36O3/c1-3-5-6-7-18-8-9-20-17-21(11-10-19(20)16-18)24(25)27-23-14-12-22(13-15-23)26-4-2/h12-15,18-21H,3-11,16-17H2,1-2H3/t18?,19-,20?,21-/m1/s1. The maximum absolute atomic E-state index is 12.6. The van der Waals surface area contributed by atoms with E-state index in [2.05, 4.69) is 6.92 Å². The first-order chi connectivity index (χ1) is 13.2. The van der Waals surface area contributed by atoms with Crippen molar-refractivity contribution in [2.24, 2.45) is 23.7 Å². The van der Waals surface area contributed by atoms with Gasteiger partial charge in [0.2, 0.25) is 0 Å². The van der Waals surface area contributed by atoms with Gasteiger partial charge in [0, 0.05) is 0 Å². The van der Waals surface area contributed by atoms with Gasteiger partial charge in [0.05, 0.1) is 12.5 Å². The molecule has 1 aromatic rings. The second-order valence-corrected chi connectivity index (χ2v) is 8.53. The van der Waals surface area contributed by atoms with Gasteiger partial charge in [0.15, 0.2) is 0 Å². The number of unbranched alkanes of at least 4 members (excludes halogenated alkanes) is 2. The number of benzene rings is 1. The van der Waals surface area contributed by atoms with E-state index in [9.17, 15) is 4.79 Å². The summed E-state index contributed by atoms with van der Waals surface area (Å²) in [5, 5.41) is 0. The van der Waals surface area contributed by atoms with Crippen LogP contribution in [0.25, 0.3) is 0 Å². The van der Waals surface area contributed by atoms with Crippen molar-refractivity contribution < 1.29 is 14.3 Å². The molecule has 3 nitrogen and oxygen atoms in total. The smallest absolute Gasteiger partial charge is 0.314 e. The molecule has 2 unspecified atom stereocenters. The van der Waals surface area contributed by atoms with Crippen molar-refractivity contribution in [2.45, 2.75) is 78.1 Å². The Bertz CT molecular complexity index is 580. The van der Waals surface area contributed by atoms with E-state index in [1.54, 1.807) is 0 Å². The summed E-state index contributed by atoms with van der Waals surface area (Å²) in [7, 11) is 0. The van der Waals surface area contributed by atoms with Gasteiger partial charge >= 0.3 is 5.97 Å². The molecule has 0 aromatic heterocycles. The summed E-state index contributed by atoms with van der Waals surface area (Å²) in [6, 6.07) is 7.39. The van der Waals surface area contributed by atoms with Gasteiger partial charge in [0.1, 0.15) is 11.5 Å². The molecule has 3 rings (SSSR count). The lowest BCUT2D eigenvalue weighted by Gasteiger charge is -2.41. The molecule has 2 fully saturated rings. The zero-order valence-corrected chi connectivity index (χ0v) is 17.1. The van der Waals surface area contributed by atoms with E-state index in [1.165, 1.54) is 51.4 Å². The van der Waals surface area contributed by atoms with Gasteiger partial charge in [-0.25, -0.2) is 0 Å². The lowest BCUT2D eigenvalue weighted by Crippen LogP contribution is -2.35. The van der Waals surface area contributed by atoms with Gasteiger partial charge in [0.25, 0.3) is 0 Å². The Balaban J connectivity index is 1.46. The first-order valence-corrected chi connectivity index (χ1v) is 11.1. The minimum Gasteiger partial charge on any atom is -0.494 e. The lowest BCUT2D eigenvalue weighted by atomic mass is 9.64. The summed E-state index contributed by atoms with van der Waals surface area (Å²) in [4.78, 5) is 12.6. The zero-order chi connectivity index (χ0) is 19.1. The van der Waals surface area contributed by atoms with Gasteiger partial charge in [-0.05, 0) is 81.0 Å². The van der Waals surface area contributed by atoms with E-state index in [0.717, 1.165) is 36.3 Å². The third-order valence-corrected chi connectivity index (χ3v) is 6.62. The van der Waals surface area contributed by atoms with E-state index < -0.39 is 0 Å². The highest BCUT2D eigenvalue weighted by Gasteiger charge is 2.38. The summed E-state index contributed by atoms with van der Waals surface area (Å²) in [6.07, 6.45) is 12.8. The number of hydrogen-bond donors (Lipinski definition) is 0. The number of rotatable bonds is 8. The number of hydrogen-bond acceptors (Lipinski definition) is 3. The average molecular weight is 373 g/mol. The van der Waals surface area contributed by atoms with Crippen molar-refractivity contribution in [2.75, 3.05) is 6.61 Å². The van der Waals surface area contributed by atoms with E-state index in [1.807, 2.05) is 31.2 Å². The van der Waals surface area contributed by atoms with Crippen molar-refractivity contribution in [1.29, 1.82) is 0 Å². The highest BCUT2D eigenvalue weighted by molar-refractivity contribution is 5.75. The van der Waals surface area contributed by atoms with Crippen LogP contribution in [0.3, 0.4) is 0 Å². The third-order valence-electron chi connectivity index (χ3n) is 6.62. The monoisotopic (exact) mass is 372 g/mol. The molecule has 2 aliphatic carbocycles. The Hall–Kier alpha value is -1.51. The zero-order valence-electron chi connectivity index (χ0n) is 17.1. The molecule has 0 amide bonds. The Morgan fingerprint density at radius 3 is 2.37 bits per heavy atom. The molecule has 0 heterocycles. The Morgan fingerprint density at radius 1 is 0.926 bits per heavy atom. The van der Waals surface area contributed by atoms with Gasteiger partial charge in [-0.3, -0.25) is 4.79 Å². The summed E-state index contributed by atoms with van der Waals surface area (Å²) < 4.78 is 11.1. The van der Waals surface area contributed by atoms with Crippen molar-refractivity contribution in [3.8, 4) is 11.5 Å². The highest BCUT2D eigenvalue weighted by Crippen LogP contribution is 2.46. The number of ether oxygens (including phenoxy) is 2. The summed E-state index contributed by atoms with van der Waals surface area (Å²) in [6.45, 7) is 4.89. The molecule has 0 bridgehead atoms. The molecule has 0 aliphatic heterocycles. The highest BCUT2D eigenvalue weighted by atomic mass is 16.5. The van der Waals surface area contributed by atoms with Crippen molar-refractivity contribution >= 4 is 5.97 Å². The largest absolute Gasteiger partial charge is 0.494 e. The molecule has 0 radical (unpaired) electrons. The van der Waals surface area contributed by atoms with Crippen LogP contribution in [0.5, 0.6) is 11.5 Å². The van der Waals surface area contributed by atoms with Crippen molar-refractivity contribution in [1.82, 2.24) is 0 Å². The normalized spacial score (nSPS) is 27.6. The molecular weight excluding hydrogens is 336 g/mol. The SMILES string of the molecule is CCCCCC1CCC2C[C@H](C(=O)Oc3ccc(OCC)cc3)CC[C@@H]2C1. The fraction of sp³-hybridized carbons (Fsp3) is 0.708. The molecule has 2 aliphatic rings. The van der Waals surface area contributed by atoms with Crippen LogP contribution in [-0.2, 0) is 4.79 Å². The predicted octanol–water partition coefficient (Wildman–Crippen LogP) is 6.40.